The van der Waals surface area contributed by atoms with Crippen molar-refractivity contribution in [2.45, 2.75) is 65.5 Å². The van der Waals surface area contributed by atoms with Crippen LogP contribution in [0.2, 0.25) is 0 Å². The second kappa shape index (κ2) is 6.41. The number of nitrogens with one attached hydrogen (secondary N) is 1. The van der Waals surface area contributed by atoms with Gasteiger partial charge >= 0.3 is 6.03 Å². The predicted molar refractivity (Wildman–Crippen MR) is 73.5 cm³/mol. The Morgan fingerprint density at radius 3 is 2.50 bits per heavy atom. The van der Waals surface area contributed by atoms with Gasteiger partial charge in [-0.25, -0.2) is 4.79 Å². The smallest absolute Gasteiger partial charge is 0.317 e. The number of nitrogens with zero attached hydrogens (tertiary/aromatic N) is 1. The molecular weight excluding hydrogens is 228 g/mol. The number of aliphatic hydroxyl groups excluding tert-OH is 1. The van der Waals surface area contributed by atoms with Crippen LogP contribution in [0.15, 0.2) is 0 Å². The van der Waals surface area contributed by atoms with Crippen LogP contribution in [0.3, 0.4) is 0 Å². The van der Waals surface area contributed by atoms with Crippen molar-refractivity contribution in [3.8, 4) is 0 Å². The van der Waals surface area contributed by atoms with Crippen LogP contribution in [-0.2, 0) is 0 Å². The van der Waals surface area contributed by atoms with Crippen LogP contribution in [0, 0.1) is 5.41 Å². The first-order valence-corrected chi connectivity index (χ1v) is 7.01. The van der Waals surface area contributed by atoms with Crippen LogP contribution < -0.4 is 5.32 Å². The molecule has 0 bridgehead atoms. The highest BCUT2D eigenvalue weighted by atomic mass is 16.3. The quantitative estimate of drug-likeness (QED) is 0.766. The van der Waals surface area contributed by atoms with Crippen molar-refractivity contribution < 1.29 is 9.90 Å². The highest BCUT2D eigenvalue weighted by molar-refractivity contribution is 5.75. The van der Waals surface area contributed by atoms with Gasteiger partial charge in [0, 0.05) is 18.6 Å². The van der Waals surface area contributed by atoms with E-state index in [1.54, 1.807) is 4.90 Å². The summed E-state index contributed by atoms with van der Waals surface area (Å²) in [6.07, 6.45) is 4.23. The molecule has 1 aliphatic carbocycles. The third-order valence-corrected chi connectivity index (χ3v) is 3.29. The zero-order chi connectivity index (χ0) is 13.8. The molecule has 1 unspecified atom stereocenters. The van der Waals surface area contributed by atoms with Gasteiger partial charge in [-0.1, -0.05) is 20.8 Å². The molecule has 0 spiro atoms. The molecule has 1 saturated carbocycles. The Bertz CT molecular complexity index is 269. The second-order valence-corrected chi connectivity index (χ2v) is 6.60. The number of rotatable bonds is 6. The molecule has 2 N–H and O–H groups in total. The Morgan fingerprint density at radius 2 is 2.06 bits per heavy atom. The highest BCUT2D eigenvalue weighted by Crippen LogP contribution is 2.27. The third-order valence-electron chi connectivity index (χ3n) is 3.29. The summed E-state index contributed by atoms with van der Waals surface area (Å²) < 4.78 is 0. The average molecular weight is 256 g/mol. The van der Waals surface area contributed by atoms with Crippen molar-refractivity contribution in [1.82, 2.24) is 10.2 Å². The molecule has 18 heavy (non-hydrogen) atoms. The molecule has 106 valence electrons. The van der Waals surface area contributed by atoms with Crippen molar-refractivity contribution in [3.05, 3.63) is 0 Å². The lowest BCUT2D eigenvalue weighted by Crippen LogP contribution is -2.46. The molecule has 0 radical (unpaired) electrons. The molecule has 0 aromatic heterocycles. The van der Waals surface area contributed by atoms with Crippen molar-refractivity contribution in [1.29, 1.82) is 0 Å². The summed E-state index contributed by atoms with van der Waals surface area (Å²) in [5.41, 5.74) is 0.306. The SMILES string of the molecule is CC(CCC(C)(C)C)NC(=O)N(CCO)C1CC1. The highest BCUT2D eigenvalue weighted by Gasteiger charge is 2.32. The van der Waals surface area contributed by atoms with Gasteiger partial charge in [0.1, 0.15) is 0 Å². The summed E-state index contributed by atoms with van der Waals surface area (Å²) in [6.45, 7) is 9.17. The van der Waals surface area contributed by atoms with E-state index >= 15 is 0 Å². The van der Waals surface area contributed by atoms with Gasteiger partial charge in [0.2, 0.25) is 0 Å². The Labute approximate surface area is 111 Å². The maximum atomic E-state index is 12.1. The number of carbonyl (C=O) groups excluding carboxylic acids is 1. The first kappa shape index (κ1) is 15.3. The van der Waals surface area contributed by atoms with E-state index in [-0.39, 0.29) is 18.7 Å². The van der Waals surface area contributed by atoms with Gasteiger partial charge in [-0.05, 0) is 38.0 Å². The summed E-state index contributed by atoms with van der Waals surface area (Å²) >= 11 is 0. The molecule has 0 aromatic carbocycles. The maximum Gasteiger partial charge on any atom is 0.317 e. The maximum absolute atomic E-state index is 12.1. The van der Waals surface area contributed by atoms with E-state index < -0.39 is 0 Å². The molecule has 0 heterocycles. The summed E-state index contributed by atoms with van der Waals surface area (Å²) in [6, 6.07) is 0.525. The lowest BCUT2D eigenvalue weighted by molar-refractivity contribution is 0.169. The van der Waals surface area contributed by atoms with Crippen LogP contribution >= 0.6 is 0 Å². The van der Waals surface area contributed by atoms with E-state index in [0.29, 0.717) is 18.0 Å². The summed E-state index contributed by atoms with van der Waals surface area (Å²) in [5.74, 6) is 0. The van der Waals surface area contributed by atoms with Gasteiger partial charge in [0.05, 0.1) is 6.61 Å². The molecule has 1 atom stereocenters. The van der Waals surface area contributed by atoms with Crippen molar-refractivity contribution in [2.24, 2.45) is 5.41 Å². The van der Waals surface area contributed by atoms with Crippen molar-refractivity contribution in [3.63, 3.8) is 0 Å². The number of carbonyl (C=O) groups is 1. The molecule has 1 aliphatic rings. The van der Waals surface area contributed by atoms with E-state index in [4.69, 9.17) is 5.11 Å². The molecule has 0 aliphatic heterocycles. The van der Waals surface area contributed by atoms with Gasteiger partial charge < -0.3 is 15.3 Å². The fraction of sp³-hybridized carbons (Fsp3) is 0.929. The minimum Gasteiger partial charge on any atom is -0.395 e. The molecule has 0 aromatic rings. The minimum absolute atomic E-state index is 0.0204. The lowest BCUT2D eigenvalue weighted by atomic mass is 9.89. The van der Waals surface area contributed by atoms with Crippen LogP contribution in [0.1, 0.15) is 53.4 Å². The van der Waals surface area contributed by atoms with E-state index in [0.717, 1.165) is 25.7 Å². The Morgan fingerprint density at radius 1 is 1.44 bits per heavy atom. The van der Waals surface area contributed by atoms with Crippen LogP contribution in [0.5, 0.6) is 0 Å². The Kier molecular flexibility index (Phi) is 5.45. The van der Waals surface area contributed by atoms with E-state index in [2.05, 4.69) is 26.1 Å². The molecule has 1 fully saturated rings. The molecule has 4 heteroatoms. The molecule has 4 nitrogen and oxygen atoms in total. The van der Waals surface area contributed by atoms with E-state index in [1.165, 1.54) is 0 Å². The minimum atomic E-state index is -0.0204. The summed E-state index contributed by atoms with van der Waals surface area (Å²) in [4.78, 5) is 13.8. The van der Waals surface area contributed by atoms with Crippen molar-refractivity contribution >= 4 is 6.03 Å². The van der Waals surface area contributed by atoms with E-state index in [1.807, 2.05) is 6.92 Å². The largest absolute Gasteiger partial charge is 0.395 e. The normalized spacial score (nSPS) is 17.4. The third kappa shape index (κ3) is 5.71. The van der Waals surface area contributed by atoms with Crippen LogP contribution in [-0.4, -0.2) is 41.3 Å². The number of amides is 2. The lowest BCUT2D eigenvalue weighted by Gasteiger charge is -2.26. The van der Waals surface area contributed by atoms with Gasteiger partial charge in [-0.2, -0.15) is 0 Å². The topological polar surface area (TPSA) is 52.6 Å². The zero-order valence-electron chi connectivity index (χ0n) is 12.2. The monoisotopic (exact) mass is 256 g/mol. The van der Waals surface area contributed by atoms with Gasteiger partial charge in [0.15, 0.2) is 0 Å². The average Bonchev–Trinajstić information content (AvgIpc) is 3.05. The van der Waals surface area contributed by atoms with Gasteiger partial charge in [0.25, 0.3) is 0 Å². The number of hydrogen-bond donors (Lipinski definition) is 2. The number of hydrogen-bond acceptors (Lipinski definition) is 2. The van der Waals surface area contributed by atoms with Crippen LogP contribution in [0.4, 0.5) is 4.79 Å². The predicted octanol–water partition coefficient (Wildman–Crippen LogP) is 2.37. The molecule has 0 saturated heterocycles. The fourth-order valence-electron chi connectivity index (χ4n) is 1.96. The standard InChI is InChI=1S/C14H28N2O2/c1-11(7-8-14(2,3)4)15-13(18)16(9-10-17)12-5-6-12/h11-12,17H,5-10H2,1-4H3,(H,15,18). The van der Waals surface area contributed by atoms with Gasteiger partial charge in [-0.3, -0.25) is 0 Å². The Hall–Kier alpha value is -0.770. The van der Waals surface area contributed by atoms with Gasteiger partial charge in [-0.15, -0.1) is 0 Å². The summed E-state index contributed by atoms with van der Waals surface area (Å²) in [7, 11) is 0. The van der Waals surface area contributed by atoms with Crippen molar-refractivity contribution in [2.75, 3.05) is 13.2 Å². The molecular formula is C14H28N2O2. The first-order valence-electron chi connectivity index (χ1n) is 7.01. The fourth-order valence-corrected chi connectivity index (χ4v) is 1.96. The number of aliphatic hydroxyl groups is 1. The second-order valence-electron chi connectivity index (χ2n) is 6.60. The van der Waals surface area contributed by atoms with E-state index in [9.17, 15) is 4.79 Å². The van der Waals surface area contributed by atoms with Crippen LogP contribution in [0.25, 0.3) is 0 Å². The molecule has 2 amide bonds. The Balaban J connectivity index is 2.33. The zero-order valence-corrected chi connectivity index (χ0v) is 12.2. The number of urea groups is 1. The molecule has 1 rings (SSSR count). The first-order chi connectivity index (χ1) is 8.33. The summed E-state index contributed by atoms with van der Waals surface area (Å²) in [5, 5.41) is 12.0.